The van der Waals surface area contributed by atoms with Gasteiger partial charge >= 0.3 is 0 Å². The van der Waals surface area contributed by atoms with E-state index in [1.54, 1.807) is 6.92 Å². The van der Waals surface area contributed by atoms with Gasteiger partial charge in [-0.3, -0.25) is 9.63 Å². The molecule has 0 aliphatic heterocycles. The molecule has 0 aliphatic carbocycles. The zero-order valence-electron chi connectivity index (χ0n) is 12.7. The highest BCUT2D eigenvalue weighted by molar-refractivity contribution is 5.74. The molecule has 7 nitrogen and oxygen atoms in total. The SMILES string of the molecule is CCONC(=O)CCc1nc(-c2ccc(OCC)cc2)no1. The first kappa shape index (κ1) is 16.0. The zero-order valence-corrected chi connectivity index (χ0v) is 12.7. The molecule has 0 saturated carbocycles. The first-order chi connectivity index (χ1) is 10.7. The van der Waals surface area contributed by atoms with Crippen molar-refractivity contribution in [3.63, 3.8) is 0 Å². The molecule has 0 aliphatic rings. The summed E-state index contributed by atoms with van der Waals surface area (Å²) in [6.45, 7) is 4.77. The molecule has 2 rings (SSSR count). The van der Waals surface area contributed by atoms with E-state index in [1.807, 2.05) is 31.2 Å². The molecule has 1 heterocycles. The van der Waals surface area contributed by atoms with E-state index < -0.39 is 0 Å². The van der Waals surface area contributed by atoms with Crippen molar-refractivity contribution in [2.45, 2.75) is 26.7 Å². The van der Waals surface area contributed by atoms with Gasteiger partial charge in [0, 0.05) is 18.4 Å². The van der Waals surface area contributed by atoms with E-state index in [4.69, 9.17) is 14.1 Å². The number of carbonyl (C=O) groups excluding carboxylic acids is 1. The van der Waals surface area contributed by atoms with Crippen molar-refractivity contribution in [1.29, 1.82) is 0 Å². The lowest BCUT2D eigenvalue weighted by molar-refractivity contribution is -0.133. The third-order valence-corrected chi connectivity index (χ3v) is 2.79. The van der Waals surface area contributed by atoms with Gasteiger partial charge in [-0.25, -0.2) is 5.48 Å². The number of nitrogens with one attached hydrogen (secondary N) is 1. The maximum atomic E-state index is 11.4. The lowest BCUT2D eigenvalue weighted by Crippen LogP contribution is -2.23. The quantitative estimate of drug-likeness (QED) is 0.752. The molecule has 0 unspecified atom stereocenters. The van der Waals surface area contributed by atoms with Crippen LogP contribution in [0, 0.1) is 0 Å². The van der Waals surface area contributed by atoms with Gasteiger partial charge in [0.1, 0.15) is 5.75 Å². The molecule has 118 valence electrons. The Labute approximate surface area is 128 Å². The van der Waals surface area contributed by atoms with Gasteiger partial charge in [0.05, 0.1) is 13.2 Å². The van der Waals surface area contributed by atoms with Crippen molar-refractivity contribution < 1.29 is 18.9 Å². The molecule has 22 heavy (non-hydrogen) atoms. The van der Waals surface area contributed by atoms with Gasteiger partial charge in [0.25, 0.3) is 0 Å². The molecule has 0 fully saturated rings. The number of nitrogens with zero attached hydrogens (tertiary/aromatic N) is 2. The fraction of sp³-hybridized carbons (Fsp3) is 0.400. The second kappa shape index (κ2) is 8.14. The summed E-state index contributed by atoms with van der Waals surface area (Å²) < 4.78 is 10.5. The minimum Gasteiger partial charge on any atom is -0.494 e. The molecule has 0 atom stereocenters. The van der Waals surface area contributed by atoms with Crippen molar-refractivity contribution in [2.75, 3.05) is 13.2 Å². The monoisotopic (exact) mass is 305 g/mol. The second-order valence-electron chi connectivity index (χ2n) is 4.43. The molecule has 7 heteroatoms. The fourth-order valence-electron chi connectivity index (χ4n) is 1.76. The Hall–Kier alpha value is -2.41. The van der Waals surface area contributed by atoms with Crippen LogP contribution in [0.15, 0.2) is 28.8 Å². The van der Waals surface area contributed by atoms with E-state index in [0.717, 1.165) is 11.3 Å². The van der Waals surface area contributed by atoms with Crippen LogP contribution >= 0.6 is 0 Å². The lowest BCUT2D eigenvalue weighted by atomic mass is 10.2. The number of hydrogen-bond donors (Lipinski definition) is 1. The average Bonchev–Trinajstić information content (AvgIpc) is 3.01. The summed E-state index contributed by atoms with van der Waals surface area (Å²) >= 11 is 0. The van der Waals surface area contributed by atoms with Gasteiger partial charge in [-0.05, 0) is 38.1 Å². The Morgan fingerprint density at radius 2 is 2.00 bits per heavy atom. The van der Waals surface area contributed by atoms with Gasteiger partial charge in [-0.1, -0.05) is 5.16 Å². The molecule has 1 N–H and O–H groups in total. The standard InChI is InChI=1S/C15H19N3O4/c1-3-20-12-7-5-11(6-8-12)15-16-14(22-18-15)10-9-13(19)17-21-4-2/h5-8H,3-4,9-10H2,1-2H3,(H,17,19). The van der Waals surface area contributed by atoms with E-state index in [2.05, 4.69) is 15.6 Å². The summed E-state index contributed by atoms with van der Waals surface area (Å²) in [5.74, 6) is 1.48. The lowest BCUT2D eigenvalue weighted by Gasteiger charge is -2.02. The van der Waals surface area contributed by atoms with Crippen molar-refractivity contribution in [2.24, 2.45) is 0 Å². The molecular weight excluding hydrogens is 286 g/mol. The van der Waals surface area contributed by atoms with Crippen LogP contribution in [-0.4, -0.2) is 29.3 Å². The number of aromatic nitrogens is 2. The number of hydrogen-bond acceptors (Lipinski definition) is 6. The van der Waals surface area contributed by atoms with Crippen LogP contribution in [0.2, 0.25) is 0 Å². The van der Waals surface area contributed by atoms with E-state index in [0.29, 0.717) is 31.3 Å². The third-order valence-electron chi connectivity index (χ3n) is 2.79. The van der Waals surface area contributed by atoms with Crippen LogP contribution in [0.4, 0.5) is 0 Å². The van der Waals surface area contributed by atoms with Gasteiger partial charge in [-0.15, -0.1) is 0 Å². The van der Waals surface area contributed by atoms with Gasteiger partial charge in [0.2, 0.25) is 17.6 Å². The number of benzene rings is 1. The van der Waals surface area contributed by atoms with Crippen molar-refractivity contribution in [1.82, 2.24) is 15.6 Å². The Morgan fingerprint density at radius 1 is 1.23 bits per heavy atom. The molecule has 0 bridgehead atoms. The molecule has 1 amide bonds. The largest absolute Gasteiger partial charge is 0.494 e. The molecule has 0 radical (unpaired) electrons. The highest BCUT2D eigenvalue weighted by Gasteiger charge is 2.10. The summed E-state index contributed by atoms with van der Waals surface area (Å²) in [5.41, 5.74) is 3.15. The highest BCUT2D eigenvalue weighted by Crippen LogP contribution is 2.20. The van der Waals surface area contributed by atoms with E-state index in [-0.39, 0.29) is 12.3 Å². The van der Waals surface area contributed by atoms with Crippen LogP contribution in [0.25, 0.3) is 11.4 Å². The van der Waals surface area contributed by atoms with Crippen LogP contribution in [0.1, 0.15) is 26.2 Å². The Balaban J connectivity index is 1.91. The minimum absolute atomic E-state index is 0.220. The van der Waals surface area contributed by atoms with Gasteiger partial charge < -0.3 is 9.26 Å². The summed E-state index contributed by atoms with van der Waals surface area (Å²) in [6, 6.07) is 7.43. The number of aryl methyl sites for hydroxylation is 1. The summed E-state index contributed by atoms with van der Waals surface area (Å²) in [6.07, 6.45) is 0.591. The third kappa shape index (κ3) is 4.56. The normalized spacial score (nSPS) is 10.5. The van der Waals surface area contributed by atoms with Crippen LogP contribution in [0.5, 0.6) is 5.75 Å². The number of ether oxygens (including phenoxy) is 1. The van der Waals surface area contributed by atoms with E-state index in [9.17, 15) is 4.79 Å². The molecule has 1 aromatic heterocycles. The number of amides is 1. The molecule has 0 saturated heterocycles. The van der Waals surface area contributed by atoms with E-state index in [1.165, 1.54) is 0 Å². The topological polar surface area (TPSA) is 86.5 Å². The summed E-state index contributed by atoms with van der Waals surface area (Å²) in [5, 5.41) is 3.91. The Morgan fingerprint density at radius 3 is 2.68 bits per heavy atom. The predicted octanol–water partition coefficient (Wildman–Crippen LogP) is 2.14. The zero-order chi connectivity index (χ0) is 15.8. The molecule has 1 aromatic carbocycles. The van der Waals surface area contributed by atoms with E-state index >= 15 is 0 Å². The Kier molecular flexibility index (Phi) is 5.91. The first-order valence-corrected chi connectivity index (χ1v) is 7.19. The highest BCUT2D eigenvalue weighted by atomic mass is 16.6. The van der Waals surface area contributed by atoms with Crippen molar-refractivity contribution in [3.8, 4) is 17.1 Å². The summed E-state index contributed by atoms with van der Waals surface area (Å²) in [7, 11) is 0. The molecule has 2 aromatic rings. The van der Waals surface area contributed by atoms with Crippen molar-refractivity contribution in [3.05, 3.63) is 30.2 Å². The number of carbonyl (C=O) groups is 1. The number of hydroxylamine groups is 1. The van der Waals surface area contributed by atoms with Crippen LogP contribution in [-0.2, 0) is 16.1 Å². The number of rotatable bonds is 8. The smallest absolute Gasteiger partial charge is 0.244 e. The maximum absolute atomic E-state index is 11.4. The van der Waals surface area contributed by atoms with Crippen molar-refractivity contribution >= 4 is 5.91 Å². The maximum Gasteiger partial charge on any atom is 0.244 e. The molecular formula is C15H19N3O4. The molecule has 0 spiro atoms. The Bertz CT molecular complexity index is 595. The van der Waals surface area contributed by atoms with Gasteiger partial charge in [-0.2, -0.15) is 4.98 Å². The van der Waals surface area contributed by atoms with Crippen LogP contribution < -0.4 is 10.2 Å². The van der Waals surface area contributed by atoms with Gasteiger partial charge in [0.15, 0.2) is 0 Å². The fourth-order valence-corrected chi connectivity index (χ4v) is 1.76. The average molecular weight is 305 g/mol. The van der Waals surface area contributed by atoms with Crippen LogP contribution in [0.3, 0.4) is 0 Å². The second-order valence-corrected chi connectivity index (χ2v) is 4.43. The predicted molar refractivity (Wildman–Crippen MR) is 79.0 cm³/mol. The first-order valence-electron chi connectivity index (χ1n) is 7.19. The minimum atomic E-state index is -0.220. The summed E-state index contributed by atoms with van der Waals surface area (Å²) in [4.78, 5) is 20.5.